The van der Waals surface area contributed by atoms with Gasteiger partial charge in [0.1, 0.15) is 11.4 Å². The number of amides is 2. The highest BCUT2D eigenvalue weighted by atomic mass is 19.4. The van der Waals surface area contributed by atoms with Crippen molar-refractivity contribution in [2.24, 2.45) is 5.16 Å². The third-order valence-corrected chi connectivity index (χ3v) is 5.67. The number of rotatable bonds is 3. The predicted octanol–water partition coefficient (Wildman–Crippen LogP) is 4.91. The second kappa shape index (κ2) is 8.13. The number of likely N-dealkylation sites (tertiary alicyclic amines) is 1. The first-order valence-electron chi connectivity index (χ1n) is 9.91. The number of ether oxygens (including phenoxy) is 1. The SMILES string of the molecule is COc1cccc(NC(=O)N2CCC3(CC2)CC(c2ccc(C(F)(F)F)cc2)=NO3)c1. The van der Waals surface area contributed by atoms with E-state index in [9.17, 15) is 18.0 Å². The van der Waals surface area contributed by atoms with E-state index in [-0.39, 0.29) is 6.03 Å². The molecular weight excluding hydrogens is 411 g/mol. The van der Waals surface area contributed by atoms with Crippen molar-refractivity contribution in [3.05, 3.63) is 59.7 Å². The van der Waals surface area contributed by atoms with E-state index >= 15 is 0 Å². The van der Waals surface area contributed by atoms with Crippen LogP contribution in [0, 0.1) is 0 Å². The molecule has 2 heterocycles. The van der Waals surface area contributed by atoms with Crippen LogP contribution in [0.15, 0.2) is 53.7 Å². The Labute approximate surface area is 177 Å². The van der Waals surface area contributed by atoms with Crippen LogP contribution in [0.25, 0.3) is 0 Å². The van der Waals surface area contributed by atoms with Crippen LogP contribution < -0.4 is 10.1 Å². The van der Waals surface area contributed by atoms with Crippen LogP contribution in [0.5, 0.6) is 5.75 Å². The zero-order chi connectivity index (χ0) is 22.1. The summed E-state index contributed by atoms with van der Waals surface area (Å²) in [7, 11) is 1.56. The Hall–Kier alpha value is -3.23. The quantitative estimate of drug-likeness (QED) is 0.749. The first-order valence-corrected chi connectivity index (χ1v) is 9.91. The fraction of sp³-hybridized carbons (Fsp3) is 0.364. The Morgan fingerprint density at radius 3 is 2.52 bits per heavy atom. The third kappa shape index (κ3) is 4.60. The maximum atomic E-state index is 12.8. The molecule has 0 bridgehead atoms. The summed E-state index contributed by atoms with van der Waals surface area (Å²) < 4.78 is 43.4. The number of piperidine rings is 1. The topological polar surface area (TPSA) is 63.2 Å². The van der Waals surface area contributed by atoms with Gasteiger partial charge in [0.15, 0.2) is 0 Å². The summed E-state index contributed by atoms with van der Waals surface area (Å²) in [6, 6.07) is 11.9. The van der Waals surface area contributed by atoms with Crippen molar-refractivity contribution in [1.29, 1.82) is 0 Å². The molecule has 1 N–H and O–H groups in total. The van der Waals surface area contributed by atoms with Crippen molar-refractivity contribution in [1.82, 2.24) is 4.90 Å². The zero-order valence-electron chi connectivity index (χ0n) is 16.9. The average molecular weight is 433 g/mol. The molecule has 2 amide bonds. The molecule has 1 saturated heterocycles. The van der Waals surface area contributed by atoms with Crippen molar-refractivity contribution in [3.63, 3.8) is 0 Å². The first-order chi connectivity index (χ1) is 14.8. The number of oxime groups is 1. The van der Waals surface area contributed by atoms with E-state index in [1.54, 1.807) is 36.3 Å². The van der Waals surface area contributed by atoms with Crippen LogP contribution >= 0.6 is 0 Å². The lowest BCUT2D eigenvalue weighted by molar-refractivity contribution is -0.137. The van der Waals surface area contributed by atoms with Crippen LogP contribution in [0.4, 0.5) is 23.7 Å². The highest BCUT2D eigenvalue weighted by Crippen LogP contribution is 2.37. The van der Waals surface area contributed by atoms with E-state index in [0.717, 1.165) is 12.1 Å². The van der Waals surface area contributed by atoms with Gasteiger partial charge in [0.25, 0.3) is 0 Å². The molecule has 0 unspecified atom stereocenters. The number of alkyl halides is 3. The number of anilines is 1. The lowest BCUT2D eigenvalue weighted by Gasteiger charge is -2.37. The normalized spacial score (nSPS) is 17.8. The number of hydrogen-bond acceptors (Lipinski definition) is 4. The lowest BCUT2D eigenvalue weighted by atomic mass is 9.85. The number of carbonyl (C=O) groups excluding carboxylic acids is 1. The molecular formula is C22H22F3N3O3. The molecule has 6 nitrogen and oxygen atoms in total. The molecule has 0 aromatic heterocycles. The maximum Gasteiger partial charge on any atom is 0.416 e. The molecule has 0 radical (unpaired) electrons. The van der Waals surface area contributed by atoms with Gasteiger partial charge >= 0.3 is 12.2 Å². The number of carbonyl (C=O) groups is 1. The van der Waals surface area contributed by atoms with Crippen molar-refractivity contribution in [3.8, 4) is 5.75 Å². The standard InChI is InChI=1S/C22H22F3N3O3/c1-30-18-4-2-3-17(13-18)26-20(29)28-11-9-21(10-12-28)14-19(27-31-21)15-5-7-16(8-6-15)22(23,24)25/h2-8,13H,9-12,14H2,1H3,(H,26,29). The molecule has 0 aliphatic carbocycles. The minimum Gasteiger partial charge on any atom is -0.497 e. The van der Waals surface area contributed by atoms with Crippen LogP contribution in [-0.4, -0.2) is 42.4 Å². The summed E-state index contributed by atoms with van der Waals surface area (Å²) in [4.78, 5) is 20.0. The summed E-state index contributed by atoms with van der Waals surface area (Å²) in [6.45, 7) is 0.983. The van der Waals surface area contributed by atoms with Gasteiger partial charge in [-0.05, 0) is 29.8 Å². The van der Waals surface area contributed by atoms with Crippen molar-refractivity contribution in [2.45, 2.75) is 31.0 Å². The predicted molar refractivity (Wildman–Crippen MR) is 109 cm³/mol. The average Bonchev–Trinajstić information content (AvgIpc) is 3.17. The van der Waals surface area contributed by atoms with E-state index < -0.39 is 17.3 Å². The van der Waals surface area contributed by atoms with Gasteiger partial charge in [-0.15, -0.1) is 0 Å². The molecule has 1 spiro atoms. The van der Waals surface area contributed by atoms with Gasteiger partial charge in [0, 0.05) is 44.1 Å². The van der Waals surface area contributed by atoms with E-state index in [4.69, 9.17) is 9.57 Å². The molecule has 31 heavy (non-hydrogen) atoms. The van der Waals surface area contributed by atoms with Gasteiger partial charge in [0.2, 0.25) is 0 Å². The second-order valence-corrected chi connectivity index (χ2v) is 7.71. The monoisotopic (exact) mass is 433 g/mol. The van der Waals surface area contributed by atoms with Gasteiger partial charge in [-0.1, -0.05) is 23.4 Å². The first kappa shape index (κ1) is 21.0. The van der Waals surface area contributed by atoms with Crippen LogP contribution in [0.3, 0.4) is 0 Å². The van der Waals surface area contributed by atoms with E-state index in [1.807, 2.05) is 0 Å². The summed E-state index contributed by atoms with van der Waals surface area (Å²) in [5, 5.41) is 7.00. The van der Waals surface area contributed by atoms with Gasteiger partial charge in [0.05, 0.1) is 18.4 Å². The second-order valence-electron chi connectivity index (χ2n) is 7.71. The minimum absolute atomic E-state index is 0.204. The summed E-state index contributed by atoms with van der Waals surface area (Å²) in [5.41, 5.74) is 0.673. The maximum absolute atomic E-state index is 12.8. The zero-order valence-corrected chi connectivity index (χ0v) is 16.9. The van der Waals surface area contributed by atoms with Gasteiger partial charge < -0.3 is 19.8 Å². The van der Waals surface area contributed by atoms with Gasteiger partial charge in [-0.3, -0.25) is 0 Å². The largest absolute Gasteiger partial charge is 0.497 e. The van der Waals surface area contributed by atoms with Crippen molar-refractivity contribution >= 4 is 17.4 Å². The molecule has 1 fully saturated rings. The summed E-state index contributed by atoms with van der Waals surface area (Å²) in [5.74, 6) is 0.655. The number of hydrogen-bond donors (Lipinski definition) is 1. The van der Waals surface area contributed by atoms with E-state index in [0.29, 0.717) is 55.1 Å². The highest BCUT2D eigenvalue weighted by molar-refractivity contribution is 6.01. The summed E-state index contributed by atoms with van der Waals surface area (Å²) >= 11 is 0. The third-order valence-electron chi connectivity index (χ3n) is 5.67. The van der Waals surface area contributed by atoms with E-state index in [1.165, 1.54) is 12.1 Å². The molecule has 9 heteroatoms. The fourth-order valence-electron chi connectivity index (χ4n) is 3.82. The smallest absolute Gasteiger partial charge is 0.416 e. The Kier molecular flexibility index (Phi) is 5.51. The lowest BCUT2D eigenvalue weighted by Crippen LogP contribution is -2.48. The minimum atomic E-state index is -4.37. The molecule has 2 aromatic carbocycles. The number of nitrogens with zero attached hydrogens (tertiary/aromatic N) is 2. The number of benzene rings is 2. The highest BCUT2D eigenvalue weighted by Gasteiger charge is 2.43. The molecule has 4 rings (SSSR count). The van der Waals surface area contributed by atoms with E-state index in [2.05, 4.69) is 10.5 Å². The fourth-order valence-corrected chi connectivity index (χ4v) is 3.82. The number of methoxy groups -OCH3 is 1. The molecule has 2 aliphatic heterocycles. The van der Waals surface area contributed by atoms with Gasteiger partial charge in [-0.25, -0.2) is 4.79 Å². The van der Waals surface area contributed by atoms with Crippen LogP contribution in [0.2, 0.25) is 0 Å². The molecule has 0 atom stereocenters. The molecule has 164 valence electrons. The van der Waals surface area contributed by atoms with Crippen molar-refractivity contribution in [2.75, 3.05) is 25.5 Å². The van der Waals surface area contributed by atoms with Crippen molar-refractivity contribution < 1.29 is 27.5 Å². The summed E-state index contributed by atoms with van der Waals surface area (Å²) in [6.07, 6.45) is -2.69. The Balaban J connectivity index is 1.33. The molecule has 0 saturated carbocycles. The Morgan fingerprint density at radius 1 is 1.16 bits per heavy atom. The Morgan fingerprint density at radius 2 is 1.87 bits per heavy atom. The number of halogens is 3. The molecule has 2 aliphatic rings. The van der Waals surface area contributed by atoms with Crippen LogP contribution in [-0.2, 0) is 11.0 Å². The number of urea groups is 1. The Bertz CT molecular complexity index is 981. The van der Waals surface area contributed by atoms with Gasteiger partial charge in [-0.2, -0.15) is 13.2 Å². The van der Waals surface area contributed by atoms with Crippen LogP contribution in [0.1, 0.15) is 30.4 Å². The molecule has 2 aromatic rings. The number of nitrogens with one attached hydrogen (secondary N) is 1.